The van der Waals surface area contributed by atoms with Crippen LogP contribution in [0.2, 0.25) is 5.02 Å². The van der Waals surface area contributed by atoms with Gasteiger partial charge in [0, 0.05) is 34.1 Å². The SMILES string of the molecule is Cc1cc(-c2cc(C(F)(F)F)nc(-c3ccnc(-c4ccc(N)nc4)c3)n2)ccc1Cl. The highest BCUT2D eigenvalue weighted by molar-refractivity contribution is 6.31. The second-order valence-corrected chi connectivity index (χ2v) is 7.23. The molecule has 0 fully saturated rings. The van der Waals surface area contributed by atoms with Crippen molar-refractivity contribution in [2.75, 3.05) is 5.73 Å². The lowest BCUT2D eigenvalue weighted by molar-refractivity contribution is -0.141. The summed E-state index contributed by atoms with van der Waals surface area (Å²) in [5.74, 6) is 0.286. The van der Waals surface area contributed by atoms with Crippen LogP contribution in [0.3, 0.4) is 0 Å². The smallest absolute Gasteiger partial charge is 0.384 e. The second-order valence-electron chi connectivity index (χ2n) is 6.83. The first-order chi connectivity index (χ1) is 14.7. The average Bonchev–Trinajstić information content (AvgIpc) is 2.75. The summed E-state index contributed by atoms with van der Waals surface area (Å²) in [5, 5.41) is 0.518. The molecule has 0 saturated heterocycles. The Labute approximate surface area is 180 Å². The van der Waals surface area contributed by atoms with Gasteiger partial charge in [0.1, 0.15) is 11.5 Å². The number of rotatable bonds is 3. The van der Waals surface area contributed by atoms with Crippen LogP contribution < -0.4 is 5.73 Å². The van der Waals surface area contributed by atoms with E-state index < -0.39 is 11.9 Å². The van der Waals surface area contributed by atoms with Crippen molar-refractivity contribution in [3.8, 4) is 33.9 Å². The zero-order valence-electron chi connectivity index (χ0n) is 16.2. The quantitative estimate of drug-likeness (QED) is 0.432. The van der Waals surface area contributed by atoms with Crippen LogP contribution in [0.5, 0.6) is 0 Å². The Hall–Kier alpha value is -3.52. The lowest BCUT2D eigenvalue weighted by Gasteiger charge is -2.12. The van der Waals surface area contributed by atoms with Crippen molar-refractivity contribution in [1.29, 1.82) is 0 Å². The molecular formula is C22H15ClF3N5. The first kappa shape index (κ1) is 20.7. The van der Waals surface area contributed by atoms with Gasteiger partial charge in [-0.25, -0.2) is 15.0 Å². The fraction of sp³-hybridized carbons (Fsp3) is 0.0909. The molecule has 4 rings (SSSR count). The third-order valence-corrected chi connectivity index (χ3v) is 4.99. The number of aromatic nitrogens is 4. The minimum Gasteiger partial charge on any atom is -0.384 e. The molecule has 0 atom stereocenters. The van der Waals surface area contributed by atoms with Crippen LogP contribution in [0, 0.1) is 6.92 Å². The summed E-state index contributed by atoms with van der Waals surface area (Å²) >= 11 is 6.05. The number of nitrogens with zero attached hydrogens (tertiary/aromatic N) is 4. The van der Waals surface area contributed by atoms with Crippen molar-refractivity contribution < 1.29 is 13.2 Å². The van der Waals surface area contributed by atoms with Crippen molar-refractivity contribution in [2.24, 2.45) is 0 Å². The minimum atomic E-state index is -4.63. The lowest BCUT2D eigenvalue weighted by atomic mass is 10.1. The molecule has 0 saturated carbocycles. The van der Waals surface area contributed by atoms with Crippen LogP contribution >= 0.6 is 11.6 Å². The average molecular weight is 442 g/mol. The Morgan fingerprint density at radius 1 is 0.839 bits per heavy atom. The molecule has 31 heavy (non-hydrogen) atoms. The summed E-state index contributed by atoms with van der Waals surface area (Å²) in [4.78, 5) is 16.4. The number of benzene rings is 1. The highest BCUT2D eigenvalue weighted by atomic mass is 35.5. The molecule has 156 valence electrons. The van der Waals surface area contributed by atoms with E-state index in [1.165, 1.54) is 12.4 Å². The number of anilines is 1. The van der Waals surface area contributed by atoms with E-state index in [4.69, 9.17) is 17.3 Å². The van der Waals surface area contributed by atoms with Crippen LogP contribution in [-0.4, -0.2) is 19.9 Å². The molecule has 0 spiro atoms. The monoisotopic (exact) mass is 441 g/mol. The number of alkyl halides is 3. The number of halogens is 4. The number of nitrogen functional groups attached to an aromatic ring is 1. The van der Waals surface area contributed by atoms with Gasteiger partial charge in [-0.15, -0.1) is 0 Å². The molecule has 0 bridgehead atoms. The van der Waals surface area contributed by atoms with Gasteiger partial charge >= 0.3 is 6.18 Å². The molecular weight excluding hydrogens is 427 g/mol. The first-order valence-corrected chi connectivity index (χ1v) is 9.49. The Morgan fingerprint density at radius 3 is 2.29 bits per heavy atom. The standard InChI is InChI=1S/C22H15ClF3N5/c1-12-8-13(2-4-16(12)23)18-10-19(22(24,25)26)31-21(30-18)14-6-7-28-17(9-14)15-3-5-20(27)29-11-15/h2-11H,1H3,(H2,27,29). The summed E-state index contributed by atoms with van der Waals surface area (Å²) in [6, 6.07) is 12.4. The van der Waals surface area contributed by atoms with E-state index in [1.54, 1.807) is 49.4 Å². The summed E-state index contributed by atoms with van der Waals surface area (Å²) in [7, 11) is 0. The molecule has 0 unspecified atom stereocenters. The van der Waals surface area contributed by atoms with Crippen LogP contribution in [0.25, 0.3) is 33.9 Å². The molecule has 9 heteroatoms. The van der Waals surface area contributed by atoms with Crippen molar-refractivity contribution in [3.63, 3.8) is 0 Å². The predicted molar refractivity (Wildman–Crippen MR) is 113 cm³/mol. The molecule has 0 aliphatic rings. The third-order valence-electron chi connectivity index (χ3n) is 4.57. The molecule has 2 N–H and O–H groups in total. The lowest BCUT2D eigenvalue weighted by Crippen LogP contribution is -2.10. The number of aryl methyl sites for hydroxylation is 1. The largest absolute Gasteiger partial charge is 0.433 e. The minimum absolute atomic E-state index is 0.0653. The van der Waals surface area contributed by atoms with Gasteiger partial charge in [-0.1, -0.05) is 17.7 Å². The van der Waals surface area contributed by atoms with Gasteiger partial charge in [-0.3, -0.25) is 4.98 Å². The molecule has 4 aromatic rings. The zero-order chi connectivity index (χ0) is 22.2. The van der Waals surface area contributed by atoms with Gasteiger partial charge in [-0.2, -0.15) is 13.2 Å². The molecule has 0 aliphatic heterocycles. The Bertz CT molecular complexity index is 1260. The highest BCUT2D eigenvalue weighted by Gasteiger charge is 2.34. The number of nitrogens with two attached hydrogens (primary N) is 1. The van der Waals surface area contributed by atoms with Crippen LogP contribution in [0.4, 0.5) is 19.0 Å². The molecule has 0 aliphatic carbocycles. The maximum absolute atomic E-state index is 13.6. The van der Waals surface area contributed by atoms with E-state index in [9.17, 15) is 13.2 Å². The third kappa shape index (κ3) is 4.49. The van der Waals surface area contributed by atoms with Crippen LogP contribution in [0.1, 0.15) is 11.3 Å². The zero-order valence-corrected chi connectivity index (χ0v) is 16.9. The van der Waals surface area contributed by atoms with Crippen molar-refractivity contribution in [2.45, 2.75) is 13.1 Å². The van der Waals surface area contributed by atoms with E-state index in [-0.39, 0.29) is 11.5 Å². The predicted octanol–water partition coefficient (Wildman–Crippen LogP) is 5.83. The van der Waals surface area contributed by atoms with E-state index in [1.807, 2.05) is 0 Å². The fourth-order valence-electron chi connectivity index (χ4n) is 2.96. The van der Waals surface area contributed by atoms with Gasteiger partial charge in [-0.05, 0) is 55.0 Å². The molecule has 0 radical (unpaired) electrons. The maximum Gasteiger partial charge on any atom is 0.433 e. The Kier molecular flexibility index (Phi) is 5.32. The highest BCUT2D eigenvalue weighted by Crippen LogP contribution is 2.33. The molecule has 0 amide bonds. The second kappa shape index (κ2) is 7.96. The van der Waals surface area contributed by atoms with Gasteiger partial charge in [0.15, 0.2) is 5.82 Å². The Morgan fingerprint density at radius 2 is 1.61 bits per heavy atom. The van der Waals surface area contributed by atoms with E-state index >= 15 is 0 Å². The molecule has 3 aromatic heterocycles. The van der Waals surface area contributed by atoms with Gasteiger partial charge in [0.05, 0.1) is 11.4 Å². The van der Waals surface area contributed by atoms with Gasteiger partial charge in [0.2, 0.25) is 0 Å². The topological polar surface area (TPSA) is 77.6 Å². The maximum atomic E-state index is 13.6. The fourth-order valence-corrected chi connectivity index (χ4v) is 3.08. The number of pyridine rings is 2. The normalized spacial score (nSPS) is 11.5. The van der Waals surface area contributed by atoms with Crippen molar-refractivity contribution in [1.82, 2.24) is 19.9 Å². The number of hydrogen-bond donors (Lipinski definition) is 1. The number of hydrogen-bond acceptors (Lipinski definition) is 5. The van der Waals surface area contributed by atoms with Gasteiger partial charge in [0.25, 0.3) is 0 Å². The summed E-state index contributed by atoms with van der Waals surface area (Å²) in [6.45, 7) is 1.77. The first-order valence-electron chi connectivity index (χ1n) is 9.12. The summed E-state index contributed by atoms with van der Waals surface area (Å²) < 4.78 is 40.7. The van der Waals surface area contributed by atoms with Crippen molar-refractivity contribution in [3.05, 3.63) is 77.2 Å². The van der Waals surface area contributed by atoms with Crippen LogP contribution in [0.15, 0.2) is 60.9 Å². The molecule has 3 heterocycles. The van der Waals surface area contributed by atoms with Gasteiger partial charge < -0.3 is 5.73 Å². The Balaban J connectivity index is 1.85. The van der Waals surface area contributed by atoms with Crippen molar-refractivity contribution >= 4 is 17.4 Å². The van der Waals surface area contributed by atoms with E-state index in [2.05, 4.69) is 19.9 Å². The summed E-state index contributed by atoms with van der Waals surface area (Å²) in [5.41, 5.74) is 7.52. The van der Waals surface area contributed by atoms with Crippen LogP contribution in [-0.2, 0) is 6.18 Å². The van der Waals surface area contributed by atoms with E-state index in [0.29, 0.717) is 33.2 Å². The van der Waals surface area contributed by atoms with E-state index in [0.717, 1.165) is 11.6 Å². The summed E-state index contributed by atoms with van der Waals surface area (Å²) in [6.07, 6.45) is -1.61. The molecule has 5 nitrogen and oxygen atoms in total. The molecule has 1 aromatic carbocycles.